The Kier molecular flexibility index (Phi) is 9.53. The molecule has 7 heteroatoms. The van der Waals surface area contributed by atoms with Gasteiger partial charge in [-0.05, 0) is 26.2 Å². The molecule has 0 aromatic carbocycles. The van der Waals surface area contributed by atoms with Gasteiger partial charge < -0.3 is 0 Å². The van der Waals surface area contributed by atoms with E-state index in [1.54, 1.807) is 6.08 Å². The molecule has 0 saturated carbocycles. The van der Waals surface area contributed by atoms with Crippen LogP contribution in [0.15, 0.2) is 12.2 Å². The van der Waals surface area contributed by atoms with Gasteiger partial charge >= 0.3 is 11.4 Å². The van der Waals surface area contributed by atoms with E-state index in [2.05, 4.69) is 10.6 Å². The first-order valence-corrected chi connectivity index (χ1v) is 8.60. The highest BCUT2D eigenvalue weighted by Gasteiger charge is 2.23. The van der Waals surface area contributed by atoms with Crippen LogP contribution in [0.3, 0.4) is 0 Å². The normalized spacial score (nSPS) is 15.9. The van der Waals surface area contributed by atoms with Gasteiger partial charge in [0.05, 0.1) is 5.25 Å². The predicted octanol–water partition coefficient (Wildman–Crippen LogP) is 2.77. The largest absolute Gasteiger partial charge is 0.317 e. The third-order valence-electron chi connectivity index (χ3n) is 2.50. The van der Waals surface area contributed by atoms with E-state index in [0.717, 1.165) is 12.8 Å². The van der Waals surface area contributed by atoms with E-state index in [0.29, 0.717) is 0 Å². The van der Waals surface area contributed by atoms with Crippen LogP contribution in [0.5, 0.6) is 0 Å². The van der Waals surface area contributed by atoms with Crippen molar-refractivity contribution in [3.8, 4) is 0 Å². The van der Waals surface area contributed by atoms with Crippen molar-refractivity contribution < 1.29 is 20.8 Å². The summed E-state index contributed by atoms with van der Waals surface area (Å²) < 4.78 is 45.3. The summed E-state index contributed by atoms with van der Waals surface area (Å²) in [5, 5.41) is -0.819. The van der Waals surface area contributed by atoms with E-state index in [9.17, 15) is 12.6 Å². The van der Waals surface area contributed by atoms with Crippen LogP contribution in [-0.4, -0.2) is 22.4 Å². The minimum atomic E-state index is -3.96. The SMILES string of the molecule is CCCCCCC=CCC(C)S(=O)(=O)OS(=O)O. The van der Waals surface area contributed by atoms with Crippen LogP contribution < -0.4 is 0 Å². The molecule has 0 aromatic heterocycles. The van der Waals surface area contributed by atoms with E-state index in [1.807, 2.05) is 6.08 Å². The van der Waals surface area contributed by atoms with Crippen molar-refractivity contribution >= 4 is 21.5 Å². The van der Waals surface area contributed by atoms with E-state index >= 15 is 0 Å². The zero-order chi connectivity index (χ0) is 14.0. The molecule has 0 radical (unpaired) electrons. The maximum absolute atomic E-state index is 11.3. The average molecular weight is 298 g/mol. The fraction of sp³-hybridized carbons (Fsp3) is 0.818. The van der Waals surface area contributed by atoms with Crippen LogP contribution in [0, 0.1) is 0 Å². The maximum Gasteiger partial charge on any atom is 0.317 e. The third-order valence-corrected chi connectivity index (χ3v) is 4.91. The fourth-order valence-corrected chi connectivity index (χ4v) is 2.89. The summed E-state index contributed by atoms with van der Waals surface area (Å²) in [6, 6.07) is 0. The van der Waals surface area contributed by atoms with Gasteiger partial charge in [-0.2, -0.15) is 12.6 Å². The number of unbranched alkanes of at least 4 members (excludes halogenated alkanes) is 4. The average Bonchev–Trinajstić information content (AvgIpc) is 2.25. The van der Waals surface area contributed by atoms with Gasteiger partial charge in [0.2, 0.25) is 0 Å². The number of hydrogen-bond acceptors (Lipinski definition) is 4. The van der Waals surface area contributed by atoms with Gasteiger partial charge in [-0.15, -0.1) is 3.63 Å². The minimum absolute atomic E-state index is 0.285. The molecule has 18 heavy (non-hydrogen) atoms. The Balaban J connectivity index is 3.91. The molecule has 5 nitrogen and oxygen atoms in total. The molecule has 0 heterocycles. The molecule has 2 unspecified atom stereocenters. The first-order chi connectivity index (χ1) is 8.40. The summed E-state index contributed by atoms with van der Waals surface area (Å²) in [4.78, 5) is 0. The molecule has 0 rings (SSSR count). The molecular weight excluding hydrogens is 276 g/mol. The highest BCUT2D eigenvalue weighted by molar-refractivity contribution is 7.95. The summed E-state index contributed by atoms with van der Waals surface area (Å²) in [6.07, 6.45) is 9.62. The van der Waals surface area contributed by atoms with Crippen molar-refractivity contribution in [1.82, 2.24) is 0 Å². The summed E-state index contributed by atoms with van der Waals surface area (Å²) in [7, 11) is -3.96. The smallest absolute Gasteiger partial charge is 0.283 e. The molecule has 0 amide bonds. The van der Waals surface area contributed by atoms with Crippen LogP contribution in [0.1, 0.15) is 52.4 Å². The number of allylic oxidation sites excluding steroid dienone is 2. The topological polar surface area (TPSA) is 80.7 Å². The van der Waals surface area contributed by atoms with Gasteiger partial charge in [-0.3, -0.25) is 4.55 Å². The van der Waals surface area contributed by atoms with Gasteiger partial charge in [0.1, 0.15) is 0 Å². The van der Waals surface area contributed by atoms with E-state index in [4.69, 9.17) is 4.55 Å². The molecule has 2 atom stereocenters. The molecule has 0 spiro atoms. The van der Waals surface area contributed by atoms with Crippen LogP contribution in [-0.2, 0) is 25.1 Å². The van der Waals surface area contributed by atoms with E-state index in [-0.39, 0.29) is 6.42 Å². The molecule has 0 aromatic rings. The van der Waals surface area contributed by atoms with Gasteiger partial charge in [-0.1, -0.05) is 38.3 Å². The zero-order valence-corrected chi connectivity index (χ0v) is 12.5. The Bertz CT molecular complexity index is 362. The Morgan fingerprint density at radius 3 is 2.50 bits per heavy atom. The van der Waals surface area contributed by atoms with Gasteiger partial charge in [-0.25, -0.2) is 0 Å². The lowest BCUT2D eigenvalue weighted by Gasteiger charge is -2.07. The first-order valence-electron chi connectivity index (χ1n) is 6.09. The Hall–Kier alpha value is -0.240. The summed E-state index contributed by atoms with van der Waals surface area (Å²) in [5.41, 5.74) is 0. The van der Waals surface area contributed by atoms with Crippen molar-refractivity contribution in [1.29, 1.82) is 0 Å². The lowest BCUT2D eigenvalue weighted by molar-refractivity contribution is 0.436. The lowest BCUT2D eigenvalue weighted by Crippen LogP contribution is -2.20. The second-order valence-electron chi connectivity index (χ2n) is 4.15. The van der Waals surface area contributed by atoms with Gasteiger partial charge in [0.15, 0.2) is 0 Å². The van der Waals surface area contributed by atoms with Crippen molar-refractivity contribution in [2.45, 2.75) is 57.6 Å². The highest BCUT2D eigenvalue weighted by Crippen LogP contribution is 2.11. The standard InChI is InChI=1S/C11H22O5S2/c1-3-4-5-6-7-8-9-10-11(2)18(14,15)16-17(12)13/h8-9,11H,3-7,10H2,1-2H3,(H,12,13). The molecule has 0 bridgehead atoms. The molecule has 108 valence electrons. The number of rotatable bonds is 10. The highest BCUT2D eigenvalue weighted by atomic mass is 32.3. The quantitative estimate of drug-likeness (QED) is 0.381. The molecule has 0 aliphatic rings. The molecule has 0 aliphatic heterocycles. The fourth-order valence-electron chi connectivity index (χ4n) is 1.36. The van der Waals surface area contributed by atoms with Crippen molar-refractivity contribution in [3.63, 3.8) is 0 Å². The Labute approximate surface area is 112 Å². The van der Waals surface area contributed by atoms with Crippen LogP contribution in [0.2, 0.25) is 0 Å². The summed E-state index contributed by atoms with van der Waals surface area (Å²) in [5.74, 6) is 0. The summed E-state index contributed by atoms with van der Waals surface area (Å²) in [6.45, 7) is 3.59. The first kappa shape index (κ1) is 17.8. The minimum Gasteiger partial charge on any atom is -0.283 e. The second-order valence-corrected chi connectivity index (χ2v) is 6.91. The lowest BCUT2D eigenvalue weighted by atomic mass is 10.1. The van der Waals surface area contributed by atoms with Crippen molar-refractivity contribution in [2.24, 2.45) is 0 Å². The predicted molar refractivity (Wildman–Crippen MR) is 72.8 cm³/mol. The second kappa shape index (κ2) is 9.66. The van der Waals surface area contributed by atoms with E-state index < -0.39 is 26.7 Å². The van der Waals surface area contributed by atoms with Crippen LogP contribution in [0.4, 0.5) is 0 Å². The van der Waals surface area contributed by atoms with Gasteiger partial charge in [0, 0.05) is 0 Å². The van der Waals surface area contributed by atoms with Crippen molar-refractivity contribution in [3.05, 3.63) is 12.2 Å². The number of hydrogen-bond donors (Lipinski definition) is 1. The molecule has 0 aliphatic carbocycles. The van der Waals surface area contributed by atoms with Gasteiger partial charge in [0.25, 0.3) is 10.1 Å². The Morgan fingerprint density at radius 1 is 1.28 bits per heavy atom. The zero-order valence-electron chi connectivity index (χ0n) is 10.9. The maximum atomic E-state index is 11.3. The molecule has 0 saturated heterocycles. The Morgan fingerprint density at radius 2 is 1.94 bits per heavy atom. The van der Waals surface area contributed by atoms with E-state index in [1.165, 1.54) is 26.2 Å². The monoisotopic (exact) mass is 298 g/mol. The van der Waals surface area contributed by atoms with Crippen LogP contribution >= 0.6 is 0 Å². The summed E-state index contributed by atoms with van der Waals surface area (Å²) >= 11 is -2.78. The van der Waals surface area contributed by atoms with Crippen LogP contribution in [0.25, 0.3) is 0 Å². The molecule has 1 N–H and O–H groups in total. The molecular formula is C11H22O5S2. The van der Waals surface area contributed by atoms with Crippen molar-refractivity contribution in [2.75, 3.05) is 0 Å². The molecule has 0 fully saturated rings. The third kappa shape index (κ3) is 8.79.